The first-order valence-corrected chi connectivity index (χ1v) is 7.56. The molecule has 1 fully saturated rings. The summed E-state index contributed by atoms with van der Waals surface area (Å²) in [5, 5.41) is 5.18. The molecule has 1 aromatic rings. The fraction of sp³-hybridized carbons (Fsp3) is 0.533. The number of carbonyl (C=O) groups is 1. The number of nitrogens with one attached hydrogen (secondary N) is 2. The summed E-state index contributed by atoms with van der Waals surface area (Å²) in [6.45, 7) is -2.31. The molecule has 0 unspecified atom stereocenters. The number of benzene rings is 1. The SMILES string of the molecule is O=C(Nc1ccccc1OC(F)F)NC1CCN(CC(F)F)CC1. The molecule has 2 N–H and O–H groups in total. The van der Waals surface area contributed by atoms with Gasteiger partial charge >= 0.3 is 12.6 Å². The Hall–Kier alpha value is -2.03. The zero-order chi connectivity index (χ0) is 17.5. The maximum absolute atomic E-state index is 12.3. The highest BCUT2D eigenvalue weighted by molar-refractivity contribution is 5.91. The van der Waals surface area contributed by atoms with Crippen molar-refractivity contribution in [3.05, 3.63) is 24.3 Å². The number of urea groups is 1. The van der Waals surface area contributed by atoms with Gasteiger partial charge in [0, 0.05) is 19.1 Å². The van der Waals surface area contributed by atoms with Crippen LogP contribution in [0.5, 0.6) is 5.75 Å². The number of ether oxygens (including phenoxy) is 1. The minimum absolute atomic E-state index is 0.130. The van der Waals surface area contributed by atoms with Crippen LogP contribution >= 0.6 is 0 Å². The van der Waals surface area contributed by atoms with E-state index in [4.69, 9.17) is 0 Å². The monoisotopic (exact) mass is 349 g/mol. The third-order valence-electron chi connectivity index (χ3n) is 3.67. The first-order valence-electron chi connectivity index (χ1n) is 7.56. The lowest BCUT2D eigenvalue weighted by atomic mass is 10.1. The molecular formula is C15H19F4N3O2. The van der Waals surface area contributed by atoms with Crippen molar-refractivity contribution in [3.63, 3.8) is 0 Å². The smallest absolute Gasteiger partial charge is 0.387 e. The molecule has 0 aliphatic carbocycles. The molecule has 24 heavy (non-hydrogen) atoms. The second kappa shape index (κ2) is 8.72. The predicted molar refractivity (Wildman–Crippen MR) is 80.7 cm³/mol. The number of hydrogen-bond acceptors (Lipinski definition) is 3. The Morgan fingerprint density at radius 3 is 2.50 bits per heavy atom. The van der Waals surface area contributed by atoms with Gasteiger partial charge in [-0.1, -0.05) is 12.1 Å². The van der Waals surface area contributed by atoms with Gasteiger partial charge in [0.1, 0.15) is 5.75 Å². The van der Waals surface area contributed by atoms with E-state index in [2.05, 4.69) is 15.4 Å². The van der Waals surface area contributed by atoms with Crippen LogP contribution < -0.4 is 15.4 Å². The summed E-state index contributed by atoms with van der Waals surface area (Å²) in [6.07, 6.45) is -1.27. The molecule has 1 saturated heterocycles. The van der Waals surface area contributed by atoms with Gasteiger partial charge in [0.25, 0.3) is 6.43 Å². The molecule has 1 aromatic carbocycles. The molecule has 9 heteroatoms. The zero-order valence-corrected chi connectivity index (χ0v) is 12.9. The van der Waals surface area contributed by atoms with Crippen molar-refractivity contribution < 1.29 is 27.1 Å². The molecule has 0 radical (unpaired) electrons. The second-order valence-electron chi connectivity index (χ2n) is 5.44. The van der Waals surface area contributed by atoms with Gasteiger partial charge in [-0.15, -0.1) is 0 Å². The zero-order valence-electron chi connectivity index (χ0n) is 12.9. The Bertz CT molecular complexity index is 537. The van der Waals surface area contributed by atoms with Crippen LogP contribution in [0.3, 0.4) is 0 Å². The van der Waals surface area contributed by atoms with Gasteiger partial charge in [0.05, 0.1) is 12.2 Å². The molecule has 2 rings (SSSR count). The fourth-order valence-corrected chi connectivity index (χ4v) is 2.57. The van der Waals surface area contributed by atoms with Gasteiger partial charge in [-0.3, -0.25) is 4.90 Å². The normalized spacial score (nSPS) is 16.4. The van der Waals surface area contributed by atoms with Crippen LogP contribution in [0.15, 0.2) is 24.3 Å². The van der Waals surface area contributed by atoms with Crippen molar-refractivity contribution >= 4 is 11.7 Å². The number of carbonyl (C=O) groups excluding carboxylic acids is 1. The average Bonchev–Trinajstić information content (AvgIpc) is 2.50. The van der Waals surface area contributed by atoms with Crippen LogP contribution in [0.4, 0.5) is 28.0 Å². The van der Waals surface area contributed by atoms with Crippen LogP contribution in [0.1, 0.15) is 12.8 Å². The molecule has 0 bridgehead atoms. The third kappa shape index (κ3) is 5.88. The first-order chi connectivity index (χ1) is 11.4. The molecular weight excluding hydrogens is 330 g/mol. The molecule has 1 aliphatic heterocycles. The lowest BCUT2D eigenvalue weighted by Crippen LogP contribution is -2.46. The Balaban J connectivity index is 1.82. The Morgan fingerprint density at radius 2 is 1.88 bits per heavy atom. The summed E-state index contributed by atoms with van der Waals surface area (Å²) in [4.78, 5) is 13.6. The number of rotatable bonds is 6. The standard InChI is InChI=1S/C15H19F4N3O2/c16-13(17)9-22-7-5-10(6-8-22)20-15(23)21-11-3-1-2-4-12(11)24-14(18)19/h1-4,10,13-14H,5-9H2,(H2,20,21,23). The number of nitrogens with zero attached hydrogens (tertiary/aromatic N) is 1. The van der Waals surface area contributed by atoms with E-state index >= 15 is 0 Å². The number of amides is 2. The summed E-state index contributed by atoms with van der Waals surface area (Å²) in [5.41, 5.74) is 0.130. The lowest BCUT2D eigenvalue weighted by Gasteiger charge is -2.32. The van der Waals surface area contributed by atoms with Crippen LogP contribution in [0.2, 0.25) is 0 Å². The summed E-state index contributed by atoms with van der Waals surface area (Å²) in [5.74, 6) is -0.130. The van der Waals surface area contributed by atoms with E-state index < -0.39 is 19.1 Å². The number of hydrogen-bond donors (Lipinski definition) is 2. The lowest BCUT2D eigenvalue weighted by molar-refractivity contribution is -0.0493. The van der Waals surface area contributed by atoms with E-state index in [1.165, 1.54) is 18.2 Å². The summed E-state index contributed by atoms with van der Waals surface area (Å²) < 4.78 is 53.6. The number of piperidine rings is 1. The Labute approximate surface area is 137 Å². The van der Waals surface area contributed by atoms with Crippen molar-refractivity contribution in [2.75, 3.05) is 25.0 Å². The van der Waals surface area contributed by atoms with E-state index in [1.807, 2.05) is 0 Å². The van der Waals surface area contributed by atoms with Gasteiger partial charge in [-0.25, -0.2) is 13.6 Å². The van der Waals surface area contributed by atoms with Crippen LogP contribution in [-0.2, 0) is 0 Å². The van der Waals surface area contributed by atoms with Crippen molar-refractivity contribution in [3.8, 4) is 5.75 Å². The molecule has 0 atom stereocenters. The third-order valence-corrected chi connectivity index (χ3v) is 3.67. The highest BCUT2D eigenvalue weighted by atomic mass is 19.3. The van der Waals surface area contributed by atoms with Gasteiger partial charge in [-0.2, -0.15) is 8.78 Å². The van der Waals surface area contributed by atoms with Crippen LogP contribution in [0, 0.1) is 0 Å². The van der Waals surface area contributed by atoms with Crippen LogP contribution in [0.25, 0.3) is 0 Å². The molecule has 0 spiro atoms. The quantitative estimate of drug-likeness (QED) is 0.776. The maximum Gasteiger partial charge on any atom is 0.387 e. The molecule has 2 amide bonds. The minimum Gasteiger partial charge on any atom is -0.433 e. The van der Waals surface area contributed by atoms with Crippen molar-refractivity contribution in [1.29, 1.82) is 0 Å². The van der Waals surface area contributed by atoms with E-state index in [0.29, 0.717) is 25.9 Å². The fourth-order valence-electron chi connectivity index (χ4n) is 2.57. The molecule has 5 nitrogen and oxygen atoms in total. The predicted octanol–water partition coefficient (Wildman–Crippen LogP) is 3.14. The van der Waals surface area contributed by atoms with E-state index in [1.54, 1.807) is 11.0 Å². The second-order valence-corrected chi connectivity index (χ2v) is 5.44. The van der Waals surface area contributed by atoms with Gasteiger partial charge in [0.15, 0.2) is 0 Å². The van der Waals surface area contributed by atoms with E-state index in [-0.39, 0.29) is 24.0 Å². The van der Waals surface area contributed by atoms with Gasteiger partial charge < -0.3 is 15.4 Å². The highest BCUT2D eigenvalue weighted by Gasteiger charge is 2.22. The summed E-state index contributed by atoms with van der Waals surface area (Å²) in [6, 6.07) is 5.17. The molecule has 0 saturated carbocycles. The number of alkyl halides is 4. The molecule has 1 heterocycles. The van der Waals surface area contributed by atoms with Gasteiger partial charge in [-0.05, 0) is 25.0 Å². The molecule has 134 valence electrons. The van der Waals surface area contributed by atoms with Gasteiger partial charge in [0.2, 0.25) is 0 Å². The highest BCUT2D eigenvalue weighted by Crippen LogP contribution is 2.25. The molecule has 0 aromatic heterocycles. The number of para-hydroxylation sites is 2. The van der Waals surface area contributed by atoms with Crippen molar-refractivity contribution in [2.45, 2.75) is 31.9 Å². The summed E-state index contributed by atoms with van der Waals surface area (Å²) >= 11 is 0. The van der Waals surface area contributed by atoms with Crippen molar-refractivity contribution in [1.82, 2.24) is 10.2 Å². The number of halogens is 4. The maximum atomic E-state index is 12.3. The Kier molecular flexibility index (Phi) is 6.65. The average molecular weight is 349 g/mol. The minimum atomic E-state index is -2.99. The largest absolute Gasteiger partial charge is 0.433 e. The topological polar surface area (TPSA) is 53.6 Å². The van der Waals surface area contributed by atoms with Crippen LogP contribution in [-0.4, -0.2) is 49.6 Å². The number of anilines is 1. The Morgan fingerprint density at radius 1 is 1.21 bits per heavy atom. The summed E-state index contributed by atoms with van der Waals surface area (Å²) in [7, 11) is 0. The van der Waals surface area contributed by atoms with E-state index in [0.717, 1.165) is 0 Å². The molecule has 1 aliphatic rings. The first kappa shape index (κ1) is 18.3. The van der Waals surface area contributed by atoms with E-state index in [9.17, 15) is 22.4 Å². The van der Waals surface area contributed by atoms with Crippen molar-refractivity contribution in [2.24, 2.45) is 0 Å². The number of likely N-dealkylation sites (tertiary alicyclic amines) is 1.